The van der Waals surface area contributed by atoms with Gasteiger partial charge < -0.3 is 0 Å². The largest absolute Gasteiger partial charge is 0.332 e. The summed E-state index contributed by atoms with van der Waals surface area (Å²) in [7, 11) is 0. The molecule has 0 saturated carbocycles. The summed E-state index contributed by atoms with van der Waals surface area (Å²) in [6, 6.07) is 16.4. The molecule has 0 aliphatic heterocycles. The quantitative estimate of drug-likeness (QED) is 0.490. The molecule has 0 amide bonds. The van der Waals surface area contributed by atoms with Crippen molar-refractivity contribution < 1.29 is 0 Å². The maximum absolute atomic E-state index is 13.3. The second kappa shape index (κ2) is 7.85. The Morgan fingerprint density at radius 1 is 0.862 bits per heavy atom. The number of rotatable bonds is 4. The Bertz CT molecular complexity index is 1320. The first-order valence-corrected chi connectivity index (χ1v) is 9.77. The molecule has 2 aromatic carbocycles. The molecule has 0 radical (unpaired) electrons. The fourth-order valence-electron chi connectivity index (χ4n) is 3.23. The van der Waals surface area contributed by atoms with Crippen LogP contribution in [0.5, 0.6) is 0 Å². The molecule has 4 aromatic rings. The van der Waals surface area contributed by atoms with E-state index in [9.17, 15) is 9.59 Å². The number of pyridine rings is 1. The van der Waals surface area contributed by atoms with Crippen LogP contribution < -0.4 is 11.2 Å². The Kier molecular flexibility index (Phi) is 5.26. The second-order valence-electron chi connectivity index (χ2n) is 6.87. The molecule has 29 heavy (non-hydrogen) atoms. The number of hydrogen-bond acceptors (Lipinski definition) is 3. The van der Waals surface area contributed by atoms with E-state index in [-0.39, 0.29) is 18.6 Å². The molecule has 4 rings (SSSR count). The van der Waals surface area contributed by atoms with E-state index in [1.54, 1.807) is 36.5 Å². The fourth-order valence-corrected chi connectivity index (χ4v) is 3.55. The first-order chi connectivity index (χ1) is 13.9. The molecule has 2 heterocycles. The van der Waals surface area contributed by atoms with E-state index >= 15 is 0 Å². The van der Waals surface area contributed by atoms with Crippen LogP contribution in [0.1, 0.15) is 16.7 Å². The number of fused-ring (bicyclic) bond motifs is 1. The molecule has 5 nitrogen and oxygen atoms in total. The van der Waals surface area contributed by atoms with Gasteiger partial charge in [-0.25, -0.2) is 9.78 Å². The van der Waals surface area contributed by atoms with Crippen LogP contribution in [0.25, 0.3) is 11.0 Å². The van der Waals surface area contributed by atoms with Crippen LogP contribution in [0.3, 0.4) is 0 Å². The van der Waals surface area contributed by atoms with Gasteiger partial charge >= 0.3 is 5.69 Å². The molecule has 0 unspecified atom stereocenters. The SMILES string of the molecule is Cc1ccc(Cn2c(=O)c3ncccc3n(Cc3ccc(Cl)c(Cl)c3)c2=O)cc1. The summed E-state index contributed by atoms with van der Waals surface area (Å²) in [5.41, 5.74) is 2.70. The number of aryl methyl sites for hydroxylation is 1. The molecule has 0 N–H and O–H groups in total. The van der Waals surface area contributed by atoms with Crippen LogP contribution in [0.4, 0.5) is 0 Å². The molecular formula is C22H17Cl2N3O2. The third-order valence-electron chi connectivity index (χ3n) is 4.77. The highest BCUT2D eigenvalue weighted by Crippen LogP contribution is 2.23. The van der Waals surface area contributed by atoms with Gasteiger partial charge in [0.05, 0.1) is 28.7 Å². The summed E-state index contributed by atoms with van der Waals surface area (Å²) in [4.78, 5) is 30.5. The van der Waals surface area contributed by atoms with Gasteiger partial charge in [-0.15, -0.1) is 0 Å². The first-order valence-electron chi connectivity index (χ1n) is 9.02. The van der Waals surface area contributed by atoms with Crippen molar-refractivity contribution in [3.8, 4) is 0 Å². The lowest BCUT2D eigenvalue weighted by Crippen LogP contribution is -2.40. The van der Waals surface area contributed by atoms with Gasteiger partial charge in [0.25, 0.3) is 5.56 Å². The summed E-state index contributed by atoms with van der Waals surface area (Å²) in [5.74, 6) is 0. The van der Waals surface area contributed by atoms with Crippen molar-refractivity contribution in [2.45, 2.75) is 20.0 Å². The summed E-state index contributed by atoms with van der Waals surface area (Å²) in [6.07, 6.45) is 1.55. The minimum Gasteiger partial charge on any atom is -0.287 e. The maximum Gasteiger partial charge on any atom is 0.332 e. The fraction of sp³-hybridized carbons (Fsp3) is 0.136. The van der Waals surface area contributed by atoms with E-state index in [1.807, 2.05) is 31.2 Å². The summed E-state index contributed by atoms with van der Waals surface area (Å²) in [6.45, 7) is 2.40. The number of halogens is 2. The van der Waals surface area contributed by atoms with E-state index in [0.29, 0.717) is 15.6 Å². The predicted octanol–water partition coefficient (Wildman–Crippen LogP) is 4.27. The summed E-state index contributed by atoms with van der Waals surface area (Å²) in [5, 5.41) is 0.853. The van der Waals surface area contributed by atoms with Crippen molar-refractivity contribution >= 4 is 34.2 Å². The highest BCUT2D eigenvalue weighted by atomic mass is 35.5. The summed E-state index contributed by atoms with van der Waals surface area (Å²) >= 11 is 12.1. The predicted molar refractivity (Wildman–Crippen MR) is 116 cm³/mol. The topological polar surface area (TPSA) is 56.9 Å². The van der Waals surface area contributed by atoms with Crippen LogP contribution in [0, 0.1) is 6.92 Å². The van der Waals surface area contributed by atoms with Crippen molar-refractivity contribution in [3.05, 3.63) is 108 Å². The summed E-state index contributed by atoms with van der Waals surface area (Å²) < 4.78 is 2.76. The minimum atomic E-state index is -0.406. The zero-order valence-corrected chi connectivity index (χ0v) is 17.1. The Morgan fingerprint density at radius 3 is 2.28 bits per heavy atom. The molecule has 0 aliphatic rings. The molecule has 7 heteroatoms. The van der Waals surface area contributed by atoms with Gasteiger partial charge in [-0.3, -0.25) is 13.9 Å². The molecule has 0 aliphatic carbocycles. The average Bonchev–Trinajstić information content (AvgIpc) is 2.72. The maximum atomic E-state index is 13.3. The van der Waals surface area contributed by atoms with Gasteiger partial charge in [-0.1, -0.05) is 59.1 Å². The molecule has 2 aromatic heterocycles. The number of aromatic nitrogens is 3. The Balaban J connectivity index is 1.88. The van der Waals surface area contributed by atoms with Gasteiger partial charge in [0, 0.05) is 6.20 Å². The lowest BCUT2D eigenvalue weighted by Gasteiger charge is -2.14. The second-order valence-corrected chi connectivity index (χ2v) is 7.68. The molecule has 0 saturated heterocycles. The van der Waals surface area contributed by atoms with Crippen molar-refractivity contribution in [3.63, 3.8) is 0 Å². The van der Waals surface area contributed by atoms with Crippen LogP contribution in [0.15, 0.2) is 70.4 Å². The lowest BCUT2D eigenvalue weighted by atomic mass is 10.1. The van der Waals surface area contributed by atoms with E-state index < -0.39 is 11.2 Å². The molecular weight excluding hydrogens is 409 g/mol. The van der Waals surface area contributed by atoms with Crippen LogP contribution in [-0.2, 0) is 13.1 Å². The van der Waals surface area contributed by atoms with E-state index in [1.165, 1.54) is 9.13 Å². The Hall–Kier alpha value is -2.89. The van der Waals surface area contributed by atoms with E-state index in [2.05, 4.69) is 4.98 Å². The number of benzene rings is 2. The van der Waals surface area contributed by atoms with Crippen molar-refractivity contribution in [2.75, 3.05) is 0 Å². The van der Waals surface area contributed by atoms with Crippen LogP contribution in [-0.4, -0.2) is 14.1 Å². The van der Waals surface area contributed by atoms with Crippen molar-refractivity contribution in [1.29, 1.82) is 0 Å². The third kappa shape index (κ3) is 3.84. The molecule has 0 fully saturated rings. The van der Waals surface area contributed by atoms with Crippen LogP contribution >= 0.6 is 23.2 Å². The van der Waals surface area contributed by atoms with Crippen molar-refractivity contribution in [2.24, 2.45) is 0 Å². The Morgan fingerprint density at radius 2 is 1.55 bits per heavy atom. The van der Waals surface area contributed by atoms with Gasteiger partial charge in [-0.05, 0) is 42.3 Å². The smallest absolute Gasteiger partial charge is 0.287 e. The monoisotopic (exact) mass is 425 g/mol. The average molecular weight is 426 g/mol. The number of hydrogen-bond donors (Lipinski definition) is 0. The zero-order chi connectivity index (χ0) is 20.5. The van der Waals surface area contributed by atoms with E-state index in [0.717, 1.165) is 16.7 Å². The highest BCUT2D eigenvalue weighted by Gasteiger charge is 2.15. The molecule has 0 atom stereocenters. The van der Waals surface area contributed by atoms with Gasteiger partial charge in [0.2, 0.25) is 0 Å². The number of nitrogens with zero attached hydrogens (tertiary/aromatic N) is 3. The minimum absolute atomic E-state index is 0.172. The third-order valence-corrected chi connectivity index (χ3v) is 5.51. The van der Waals surface area contributed by atoms with Crippen LogP contribution in [0.2, 0.25) is 10.0 Å². The normalized spacial score (nSPS) is 11.1. The van der Waals surface area contributed by atoms with Gasteiger partial charge in [-0.2, -0.15) is 0 Å². The highest BCUT2D eigenvalue weighted by molar-refractivity contribution is 6.42. The molecule has 0 bridgehead atoms. The lowest BCUT2D eigenvalue weighted by molar-refractivity contribution is 0.633. The Labute approximate surface area is 176 Å². The van der Waals surface area contributed by atoms with Gasteiger partial charge in [0.15, 0.2) is 5.52 Å². The van der Waals surface area contributed by atoms with Crippen molar-refractivity contribution in [1.82, 2.24) is 14.1 Å². The van der Waals surface area contributed by atoms with Gasteiger partial charge in [0.1, 0.15) is 0 Å². The molecule has 0 spiro atoms. The zero-order valence-electron chi connectivity index (χ0n) is 15.6. The molecule has 146 valence electrons. The van der Waals surface area contributed by atoms with E-state index in [4.69, 9.17) is 23.2 Å². The first kappa shape index (κ1) is 19.4. The standard InChI is InChI=1S/C22H17Cl2N3O2/c1-14-4-6-15(7-5-14)12-27-21(28)20-19(3-2-10-25-20)26(22(27)29)13-16-8-9-17(23)18(24)11-16/h2-11H,12-13H2,1H3.